The molecule has 3 N–H and O–H groups in total. The lowest BCUT2D eigenvalue weighted by Crippen LogP contribution is -2.30. The van der Waals surface area contributed by atoms with Gasteiger partial charge in [-0.25, -0.2) is 9.13 Å². The highest BCUT2D eigenvalue weighted by atomic mass is 31.2. The minimum atomic E-state index is -4.96. The average Bonchev–Trinajstić information content (AvgIpc) is 1.09. The van der Waals surface area contributed by atoms with Gasteiger partial charge in [-0.3, -0.25) is 37.3 Å². The molecule has 0 rings (SSSR count). The summed E-state index contributed by atoms with van der Waals surface area (Å²) in [6, 6.07) is 0. The zero-order valence-electron chi connectivity index (χ0n) is 63.0. The van der Waals surface area contributed by atoms with Crippen molar-refractivity contribution in [1.29, 1.82) is 0 Å². The molecule has 5 atom stereocenters. The molecule has 570 valence electrons. The van der Waals surface area contributed by atoms with E-state index in [1.807, 2.05) is 0 Å². The Morgan fingerprint density at radius 3 is 0.646 bits per heavy atom. The van der Waals surface area contributed by atoms with Gasteiger partial charge in [-0.1, -0.05) is 338 Å². The maximum Gasteiger partial charge on any atom is 0.472 e. The molecular weight excluding hydrogens is 1260 g/mol. The summed E-state index contributed by atoms with van der Waals surface area (Å²) in [6.45, 7) is 14.2. The lowest BCUT2D eigenvalue weighted by molar-refractivity contribution is -0.161. The van der Waals surface area contributed by atoms with E-state index in [4.69, 9.17) is 37.0 Å². The zero-order valence-corrected chi connectivity index (χ0v) is 64.8. The van der Waals surface area contributed by atoms with Crippen molar-refractivity contribution in [2.24, 2.45) is 23.7 Å². The fourth-order valence-electron chi connectivity index (χ4n) is 11.7. The Morgan fingerprint density at radius 1 is 0.260 bits per heavy atom. The predicted octanol–water partition coefficient (Wildman–Crippen LogP) is 22.4. The van der Waals surface area contributed by atoms with Gasteiger partial charge in [0.15, 0.2) is 12.2 Å². The van der Waals surface area contributed by atoms with Crippen molar-refractivity contribution in [1.82, 2.24) is 0 Å². The molecule has 0 radical (unpaired) electrons. The SMILES string of the molecule is CC(C)CCCCCCCCCCCCCCCCCCC(=O)O[C@H](COC(=O)CCCCCCCCCCCCC(C)C)COP(=O)(O)OCC(O)COP(=O)(O)OC[C@@H](COC(=O)CCCCCCCCCCC(C)C)OC(=O)CCCCCCCCCCCCC(C)C. The van der Waals surface area contributed by atoms with E-state index < -0.39 is 97.5 Å². The Labute approximate surface area is 588 Å². The van der Waals surface area contributed by atoms with Gasteiger partial charge >= 0.3 is 39.5 Å². The van der Waals surface area contributed by atoms with E-state index in [-0.39, 0.29) is 25.7 Å². The number of aliphatic hydroxyl groups is 1. The summed E-state index contributed by atoms with van der Waals surface area (Å²) in [4.78, 5) is 72.9. The number of phosphoric ester groups is 2. The Balaban J connectivity index is 5.24. The summed E-state index contributed by atoms with van der Waals surface area (Å²) in [5.41, 5.74) is 0. The van der Waals surface area contributed by atoms with E-state index in [1.165, 1.54) is 193 Å². The maximum absolute atomic E-state index is 13.1. The van der Waals surface area contributed by atoms with Crippen molar-refractivity contribution in [2.75, 3.05) is 39.6 Å². The monoisotopic (exact) mass is 1410 g/mol. The second kappa shape index (κ2) is 66.3. The van der Waals surface area contributed by atoms with Gasteiger partial charge in [-0.05, 0) is 49.4 Å². The smallest absolute Gasteiger partial charge is 0.462 e. The molecule has 0 aliphatic heterocycles. The highest BCUT2D eigenvalue weighted by Gasteiger charge is 2.30. The van der Waals surface area contributed by atoms with Gasteiger partial charge in [0.25, 0.3) is 0 Å². The number of carbonyl (C=O) groups is 4. The van der Waals surface area contributed by atoms with Crippen LogP contribution in [0.5, 0.6) is 0 Å². The molecule has 0 aromatic carbocycles. The summed E-state index contributed by atoms with van der Waals surface area (Å²) in [6.07, 6.45) is 51.4. The third-order valence-corrected chi connectivity index (χ3v) is 19.7. The summed E-state index contributed by atoms with van der Waals surface area (Å²) >= 11 is 0. The second-order valence-corrected chi connectivity index (χ2v) is 32.6. The molecule has 0 heterocycles. The van der Waals surface area contributed by atoms with Gasteiger partial charge in [0, 0.05) is 25.7 Å². The highest BCUT2D eigenvalue weighted by Crippen LogP contribution is 2.45. The summed E-state index contributed by atoms with van der Waals surface area (Å²) in [7, 11) is -9.92. The van der Waals surface area contributed by atoms with Crippen LogP contribution in [0.3, 0.4) is 0 Å². The van der Waals surface area contributed by atoms with Crippen LogP contribution < -0.4 is 0 Å². The Morgan fingerprint density at radius 2 is 0.438 bits per heavy atom. The van der Waals surface area contributed by atoms with E-state index in [0.717, 1.165) is 114 Å². The van der Waals surface area contributed by atoms with Crippen LogP contribution >= 0.6 is 15.6 Å². The molecule has 0 aromatic heterocycles. The number of carbonyl (C=O) groups excluding carboxylic acids is 4. The second-order valence-electron chi connectivity index (χ2n) is 29.7. The maximum atomic E-state index is 13.1. The third kappa shape index (κ3) is 70.5. The molecule has 19 heteroatoms. The molecule has 0 aliphatic rings. The number of esters is 4. The zero-order chi connectivity index (χ0) is 71.0. The molecule has 0 saturated heterocycles. The fourth-order valence-corrected chi connectivity index (χ4v) is 13.3. The number of hydrogen-bond donors (Lipinski definition) is 3. The third-order valence-electron chi connectivity index (χ3n) is 17.8. The summed E-state index contributed by atoms with van der Waals surface area (Å²) in [5, 5.41) is 10.6. The minimum Gasteiger partial charge on any atom is -0.462 e. The number of ether oxygens (including phenoxy) is 4. The first-order valence-corrected chi connectivity index (χ1v) is 42.7. The quantitative estimate of drug-likeness (QED) is 0.0222. The number of phosphoric acid groups is 2. The molecular formula is C77H150O17P2. The highest BCUT2D eigenvalue weighted by molar-refractivity contribution is 7.47. The standard InChI is InChI=1S/C77H150O17P2/c1-67(2)53-45-37-29-21-15-13-11-9-10-12-14-16-25-35-43-51-59-76(81)93-72(63-87-74(79)57-49-41-33-24-19-17-22-30-38-46-54-68(3)4)65-91-95(83,84)89-61-71(78)62-90-96(85,86)92-66-73(64-88-75(80)58-50-42-34-28-27-32-40-48-56-70(7)8)94-77(82)60-52-44-36-26-20-18-23-31-39-47-55-69(5)6/h67-73,78H,9-66H2,1-8H3,(H,83,84)(H,85,86)/t71?,72-,73-/m1/s1. The lowest BCUT2D eigenvalue weighted by Gasteiger charge is -2.21. The molecule has 96 heavy (non-hydrogen) atoms. The van der Waals surface area contributed by atoms with Gasteiger partial charge in [0.05, 0.1) is 26.4 Å². The van der Waals surface area contributed by atoms with Crippen LogP contribution in [-0.2, 0) is 65.4 Å². The van der Waals surface area contributed by atoms with Gasteiger partial charge in [0.2, 0.25) is 0 Å². The van der Waals surface area contributed by atoms with Crippen molar-refractivity contribution in [2.45, 2.75) is 408 Å². The molecule has 0 saturated carbocycles. The van der Waals surface area contributed by atoms with Crippen LogP contribution in [0.4, 0.5) is 0 Å². The normalized spacial score (nSPS) is 14.1. The topological polar surface area (TPSA) is 237 Å². The number of hydrogen-bond acceptors (Lipinski definition) is 15. The molecule has 0 bridgehead atoms. The Bertz CT molecular complexity index is 1880. The van der Waals surface area contributed by atoms with Gasteiger partial charge < -0.3 is 33.8 Å². The molecule has 0 aromatic rings. The summed E-state index contributed by atoms with van der Waals surface area (Å²) in [5.74, 6) is 0.926. The van der Waals surface area contributed by atoms with E-state index in [9.17, 15) is 43.2 Å². The molecule has 3 unspecified atom stereocenters. The van der Waals surface area contributed by atoms with Crippen molar-refractivity contribution in [3.05, 3.63) is 0 Å². The van der Waals surface area contributed by atoms with Crippen LogP contribution in [0.2, 0.25) is 0 Å². The van der Waals surface area contributed by atoms with Gasteiger partial charge in [-0.15, -0.1) is 0 Å². The first-order chi connectivity index (χ1) is 46.1. The Kier molecular flexibility index (Phi) is 65.0. The first kappa shape index (κ1) is 94.1. The van der Waals surface area contributed by atoms with E-state index in [1.54, 1.807) is 0 Å². The van der Waals surface area contributed by atoms with Crippen LogP contribution in [0.25, 0.3) is 0 Å². The van der Waals surface area contributed by atoms with Crippen molar-refractivity contribution in [3.8, 4) is 0 Å². The molecule has 0 aliphatic carbocycles. The van der Waals surface area contributed by atoms with Gasteiger partial charge in [0.1, 0.15) is 19.3 Å². The van der Waals surface area contributed by atoms with Crippen molar-refractivity contribution < 1.29 is 80.2 Å². The first-order valence-electron chi connectivity index (χ1n) is 39.7. The predicted molar refractivity (Wildman–Crippen MR) is 391 cm³/mol. The van der Waals surface area contributed by atoms with Crippen LogP contribution in [0, 0.1) is 23.7 Å². The minimum absolute atomic E-state index is 0.105. The van der Waals surface area contributed by atoms with Crippen LogP contribution in [-0.4, -0.2) is 96.7 Å². The van der Waals surface area contributed by atoms with Crippen molar-refractivity contribution >= 4 is 39.5 Å². The van der Waals surface area contributed by atoms with Gasteiger partial charge in [-0.2, -0.15) is 0 Å². The van der Waals surface area contributed by atoms with Crippen LogP contribution in [0.1, 0.15) is 389 Å². The molecule has 0 fully saturated rings. The Hall–Kier alpha value is -1.94. The number of unbranched alkanes of at least 4 members (excludes halogenated alkanes) is 40. The largest absolute Gasteiger partial charge is 0.472 e. The summed E-state index contributed by atoms with van der Waals surface area (Å²) < 4.78 is 68.6. The van der Waals surface area contributed by atoms with Crippen LogP contribution in [0.15, 0.2) is 0 Å². The van der Waals surface area contributed by atoms with Crippen molar-refractivity contribution in [3.63, 3.8) is 0 Å². The number of rotatable bonds is 74. The van der Waals surface area contributed by atoms with E-state index in [2.05, 4.69) is 55.4 Å². The fraction of sp³-hybridized carbons (Fsp3) is 0.948. The van der Waals surface area contributed by atoms with E-state index >= 15 is 0 Å². The molecule has 0 spiro atoms. The lowest BCUT2D eigenvalue weighted by atomic mass is 10.0. The number of aliphatic hydroxyl groups excluding tert-OH is 1. The van der Waals surface area contributed by atoms with E-state index in [0.29, 0.717) is 25.7 Å². The molecule has 17 nitrogen and oxygen atoms in total. The average molecular weight is 1410 g/mol. The molecule has 0 amide bonds.